The monoisotopic (exact) mass is 258 g/mol. The van der Waals surface area contributed by atoms with Gasteiger partial charge in [-0.05, 0) is 19.1 Å². The molecule has 0 bridgehead atoms. The van der Waals surface area contributed by atoms with Gasteiger partial charge in [-0.1, -0.05) is 5.16 Å². The van der Waals surface area contributed by atoms with Crippen molar-refractivity contribution in [1.29, 1.82) is 0 Å². The lowest BCUT2D eigenvalue weighted by Crippen LogP contribution is -2.03. The maximum Gasteiger partial charge on any atom is 0.339 e. The summed E-state index contributed by atoms with van der Waals surface area (Å²) < 4.78 is 11.4. The first-order valence-corrected chi connectivity index (χ1v) is 5.55. The molecule has 0 unspecified atom stereocenters. The van der Waals surface area contributed by atoms with Crippen molar-refractivity contribution in [2.45, 2.75) is 6.92 Å². The predicted octanol–water partition coefficient (Wildman–Crippen LogP) is 1.48. The molecule has 0 spiro atoms. The van der Waals surface area contributed by atoms with Crippen LogP contribution in [0.4, 0.5) is 0 Å². The maximum atomic E-state index is 11.5. The fourth-order valence-corrected chi connectivity index (χ4v) is 1.83. The van der Waals surface area contributed by atoms with Crippen LogP contribution in [0.5, 0.6) is 0 Å². The summed E-state index contributed by atoms with van der Waals surface area (Å²) in [4.78, 5) is 11.5. The molecule has 0 atom stereocenters. The van der Waals surface area contributed by atoms with E-state index in [1.165, 1.54) is 7.11 Å². The van der Waals surface area contributed by atoms with E-state index in [0.29, 0.717) is 22.8 Å². The summed E-state index contributed by atoms with van der Waals surface area (Å²) in [6.07, 6.45) is 3.19. The summed E-state index contributed by atoms with van der Waals surface area (Å²) >= 11 is 0. The lowest BCUT2D eigenvalue weighted by Gasteiger charge is -2.01. The van der Waals surface area contributed by atoms with Crippen molar-refractivity contribution in [2.24, 2.45) is 0 Å². The number of aromatic nitrogens is 4. The fourth-order valence-electron chi connectivity index (χ4n) is 1.83. The van der Waals surface area contributed by atoms with Gasteiger partial charge in [0.05, 0.1) is 24.4 Å². The Morgan fingerprint density at radius 1 is 1.37 bits per heavy atom. The number of hydrogen-bond donors (Lipinski definition) is 0. The van der Waals surface area contributed by atoms with Gasteiger partial charge in [-0.3, -0.25) is 4.40 Å². The SMILES string of the molecule is COC(=O)c1ccc2nnc(-c3cnoc3C)n2c1. The Morgan fingerprint density at radius 3 is 2.89 bits per heavy atom. The zero-order valence-electron chi connectivity index (χ0n) is 10.3. The third kappa shape index (κ3) is 1.75. The first-order valence-electron chi connectivity index (χ1n) is 5.55. The van der Waals surface area contributed by atoms with Gasteiger partial charge in [0.15, 0.2) is 11.5 Å². The van der Waals surface area contributed by atoms with E-state index in [1.807, 2.05) is 0 Å². The van der Waals surface area contributed by atoms with E-state index in [9.17, 15) is 4.79 Å². The van der Waals surface area contributed by atoms with Crippen LogP contribution in [0.2, 0.25) is 0 Å². The van der Waals surface area contributed by atoms with E-state index in [0.717, 1.165) is 5.56 Å². The second-order valence-electron chi connectivity index (χ2n) is 3.96. The summed E-state index contributed by atoms with van der Waals surface area (Å²) in [7, 11) is 1.34. The minimum absolute atomic E-state index is 0.413. The summed E-state index contributed by atoms with van der Waals surface area (Å²) in [5.74, 6) is 0.792. The second kappa shape index (κ2) is 4.20. The number of methoxy groups -OCH3 is 1. The number of aryl methyl sites for hydroxylation is 1. The van der Waals surface area contributed by atoms with E-state index < -0.39 is 5.97 Å². The number of nitrogens with zero attached hydrogens (tertiary/aromatic N) is 4. The highest BCUT2D eigenvalue weighted by Crippen LogP contribution is 2.22. The van der Waals surface area contributed by atoms with Crippen LogP contribution in [0.1, 0.15) is 16.1 Å². The summed E-state index contributed by atoms with van der Waals surface area (Å²) in [5, 5.41) is 11.8. The number of ether oxygens (including phenoxy) is 1. The quantitative estimate of drug-likeness (QED) is 0.647. The molecule has 0 saturated carbocycles. The van der Waals surface area contributed by atoms with Gasteiger partial charge >= 0.3 is 5.97 Å². The lowest BCUT2D eigenvalue weighted by atomic mass is 10.2. The van der Waals surface area contributed by atoms with E-state index in [4.69, 9.17) is 9.26 Å². The van der Waals surface area contributed by atoms with Gasteiger partial charge < -0.3 is 9.26 Å². The Hall–Kier alpha value is -2.70. The van der Waals surface area contributed by atoms with E-state index in [1.54, 1.807) is 35.9 Å². The maximum absolute atomic E-state index is 11.5. The molecule has 0 saturated heterocycles. The van der Waals surface area contributed by atoms with E-state index >= 15 is 0 Å². The number of carbonyl (C=O) groups is 1. The topological polar surface area (TPSA) is 82.5 Å². The minimum atomic E-state index is -0.413. The number of pyridine rings is 1. The Bertz CT molecular complexity index is 759. The average Bonchev–Trinajstić information content (AvgIpc) is 3.02. The van der Waals surface area contributed by atoms with Crippen molar-refractivity contribution >= 4 is 11.6 Å². The van der Waals surface area contributed by atoms with Crippen LogP contribution in [0.15, 0.2) is 29.0 Å². The van der Waals surface area contributed by atoms with Gasteiger partial charge in [-0.25, -0.2) is 4.79 Å². The molecule has 3 rings (SSSR count). The van der Waals surface area contributed by atoms with Gasteiger partial charge in [0, 0.05) is 6.20 Å². The van der Waals surface area contributed by atoms with Gasteiger partial charge in [-0.2, -0.15) is 0 Å². The molecule has 3 heterocycles. The summed E-state index contributed by atoms with van der Waals surface area (Å²) in [6, 6.07) is 3.34. The Morgan fingerprint density at radius 2 is 2.21 bits per heavy atom. The largest absolute Gasteiger partial charge is 0.465 e. The molecule has 0 fully saturated rings. The predicted molar refractivity (Wildman–Crippen MR) is 64.6 cm³/mol. The van der Waals surface area contributed by atoms with Crippen LogP contribution in [0.3, 0.4) is 0 Å². The zero-order chi connectivity index (χ0) is 13.4. The molecule has 0 aliphatic carbocycles. The van der Waals surface area contributed by atoms with Crippen LogP contribution in [0, 0.1) is 6.92 Å². The number of carbonyl (C=O) groups excluding carboxylic acids is 1. The third-order valence-electron chi connectivity index (χ3n) is 2.82. The molecule has 3 aromatic rings. The molecule has 19 heavy (non-hydrogen) atoms. The van der Waals surface area contributed by atoms with Crippen molar-refractivity contribution in [3.05, 3.63) is 35.9 Å². The van der Waals surface area contributed by atoms with Crippen molar-refractivity contribution in [3.63, 3.8) is 0 Å². The lowest BCUT2D eigenvalue weighted by molar-refractivity contribution is 0.0600. The number of rotatable bonds is 2. The van der Waals surface area contributed by atoms with Gasteiger partial charge in [-0.15, -0.1) is 10.2 Å². The van der Waals surface area contributed by atoms with Gasteiger partial charge in [0.25, 0.3) is 0 Å². The molecule has 7 heteroatoms. The van der Waals surface area contributed by atoms with Crippen molar-refractivity contribution < 1.29 is 14.1 Å². The first kappa shape index (κ1) is 11.4. The molecule has 0 aromatic carbocycles. The van der Waals surface area contributed by atoms with Crippen LogP contribution in [-0.4, -0.2) is 32.8 Å². The molecule has 0 aliphatic rings. The van der Waals surface area contributed by atoms with E-state index in [-0.39, 0.29) is 0 Å². The normalized spacial score (nSPS) is 10.8. The molecule has 7 nitrogen and oxygen atoms in total. The van der Waals surface area contributed by atoms with Crippen molar-refractivity contribution in [2.75, 3.05) is 7.11 Å². The third-order valence-corrected chi connectivity index (χ3v) is 2.82. The standard InChI is InChI=1S/C12H10N4O3/c1-7-9(5-13-19-7)11-15-14-10-4-3-8(6-16(10)11)12(17)18-2/h3-6H,1-2H3. The highest BCUT2D eigenvalue weighted by Gasteiger charge is 2.15. The molecule has 0 amide bonds. The number of hydrogen-bond acceptors (Lipinski definition) is 6. The highest BCUT2D eigenvalue weighted by molar-refractivity contribution is 5.89. The Balaban J connectivity index is 2.21. The molecule has 0 aliphatic heterocycles. The van der Waals surface area contributed by atoms with Gasteiger partial charge in [0.1, 0.15) is 5.76 Å². The fraction of sp³-hybridized carbons (Fsp3) is 0.167. The summed E-state index contributed by atoms with van der Waals surface area (Å²) in [6.45, 7) is 1.79. The van der Waals surface area contributed by atoms with Crippen molar-refractivity contribution in [1.82, 2.24) is 19.8 Å². The van der Waals surface area contributed by atoms with E-state index in [2.05, 4.69) is 15.4 Å². The molecule has 0 radical (unpaired) electrons. The van der Waals surface area contributed by atoms with Crippen LogP contribution in [-0.2, 0) is 4.74 Å². The Kier molecular flexibility index (Phi) is 2.52. The minimum Gasteiger partial charge on any atom is -0.465 e. The number of esters is 1. The summed E-state index contributed by atoms with van der Waals surface area (Å²) in [5.41, 5.74) is 1.78. The second-order valence-corrected chi connectivity index (χ2v) is 3.96. The van der Waals surface area contributed by atoms with Crippen LogP contribution >= 0.6 is 0 Å². The molecule has 0 N–H and O–H groups in total. The zero-order valence-corrected chi connectivity index (χ0v) is 10.3. The molecular formula is C12H10N4O3. The molecule has 96 valence electrons. The van der Waals surface area contributed by atoms with Crippen LogP contribution in [0.25, 0.3) is 17.0 Å². The number of fused-ring (bicyclic) bond motifs is 1. The Labute approximate surface area is 107 Å². The average molecular weight is 258 g/mol. The molecule has 3 aromatic heterocycles. The van der Waals surface area contributed by atoms with Crippen LogP contribution < -0.4 is 0 Å². The first-order chi connectivity index (χ1) is 9.20. The highest BCUT2D eigenvalue weighted by atomic mass is 16.5. The van der Waals surface area contributed by atoms with Crippen molar-refractivity contribution in [3.8, 4) is 11.4 Å². The van der Waals surface area contributed by atoms with Gasteiger partial charge in [0.2, 0.25) is 0 Å². The smallest absolute Gasteiger partial charge is 0.339 e. The molecular weight excluding hydrogens is 248 g/mol.